The summed E-state index contributed by atoms with van der Waals surface area (Å²) in [6.45, 7) is 7.47. The first-order valence-electron chi connectivity index (χ1n) is 7.57. The molecule has 5 nitrogen and oxygen atoms in total. The van der Waals surface area contributed by atoms with E-state index in [0.717, 1.165) is 13.1 Å². The van der Waals surface area contributed by atoms with Crippen LogP contribution in [0.15, 0.2) is 12.3 Å². The van der Waals surface area contributed by atoms with Gasteiger partial charge in [0, 0.05) is 25.3 Å². The Bertz CT molecular complexity index is 548. The largest absolute Gasteiger partial charge is 0.474 e. The molecule has 0 radical (unpaired) electrons. The normalized spacial score (nSPS) is 21.7. The maximum atomic E-state index is 12.6. The number of amides is 1. The number of aromatic nitrogens is 1. The van der Waals surface area contributed by atoms with E-state index in [1.165, 1.54) is 0 Å². The van der Waals surface area contributed by atoms with Gasteiger partial charge in [-0.2, -0.15) is 0 Å². The predicted octanol–water partition coefficient (Wildman–Crippen LogP) is 2.54. The summed E-state index contributed by atoms with van der Waals surface area (Å²) in [7, 11) is 4.09. The highest BCUT2D eigenvalue weighted by atomic mass is 35.5. The molecular weight excluding hydrogens is 302 g/mol. The summed E-state index contributed by atoms with van der Waals surface area (Å²) in [5.74, 6) is 0.793. The minimum atomic E-state index is -0.0262. The highest BCUT2D eigenvalue weighted by molar-refractivity contribution is 6.32. The van der Waals surface area contributed by atoms with E-state index in [1.807, 2.05) is 32.8 Å². The molecule has 2 heterocycles. The summed E-state index contributed by atoms with van der Waals surface area (Å²) in [5.41, 5.74) is 0.507. The fraction of sp³-hybridized carbons (Fsp3) is 0.625. The van der Waals surface area contributed by atoms with Gasteiger partial charge in [-0.3, -0.25) is 4.79 Å². The van der Waals surface area contributed by atoms with Crippen LogP contribution in [0.2, 0.25) is 5.02 Å². The quantitative estimate of drug-likeness (QED) is 0.853. The minimum Gasteiger partial charge on any atom is -0.474 e. The molecule has 2 unspecified atom stereocenters. The third-order valence-corrected chi connectivity index (χ3v) is 4.20. The van der Waals surface area contributed by atoms with E-state index in [2.05, 4.69) is 16.8 Å². The molecule has 122 valence electrons. The number of ether oxygens (including phenoxy) is 1. The van der Waals surface area contributed by atoms with Crippen molar-refractivity contribution in [2.24, 2.45) is 5.92 Å². The van der Waals surface area contributed by atoms with Crippen LogP contribution in [0.5, 0.6) is 5.88 Å². The van der Waals surface area contributed by atoms with Crippen LogP contribution >= 0.6 is 11.6 Å². The maximum absolute atomic E-state index is 12.6. The summed E-state index contributed by atoms with van der Waals surface area (Å²) in [6, 6.07) is 2.03. The number of rotatable bonds is 4. The lowest BCUT2D eigenvalue weighted by Gasteiger charge is -2.22. The Morgan fingerprint density at radius 2 is 2.14 bits per heavy atom. The van der Waals surface area contributed by atoms with Crippen LogP contribution in [0.1, 0.15) is 31.1 Å². The van der Waals surface area contributed by atoms with Gasteiger partial charge in [0.15, 0.2) is 0 Å². The fourth-order valence-corrected chi connectivity index (χ4v) is 3.03. The third kappa shape index (κ3) is 3.70. The van der Waals surface area contributed by atoms with Crippen molar-refractivity contribution in [2.45, 2.75) is 32.9 Å². The van der Waals surface area contributed by atoms with Gasteiger partial charge in [-0.25, -0.2) is 4.98 Å². The molecule has 1 fully saturated rings. The Morgan fingerprint density at radius 3 is 2.64 bits per heavy atom. The Labute approximate surface area is 137 Å². The van der Waals surface area contributed by atoms with Crippen molar-refractivity contribution in [3.05, 3.63) is 22.8 Å². The summed E-state index contributed by atoms with van der Waals surface area (Å²) in [6.07, 6.45) is 1.53. The second kappa shape index (κ2) is 6.84. The van der Waals surface area contributed by atoms with Crippen LogP contribution in [-0.4, -0.2) is 60.0 Å². The number of pyridine rings is 1. The molecule has 0 bridgehead atoms. The molecule has 0 aromatic carbocycles. The van der Waals surface area contributed by atoms with Crippen molar-refractivity contribution in [2.75, 3.05) is 27.2 Å². The van der Waals surface area contributed by atoms with Gasteiger partial charge < -0.3 is 14.5 Å². The van der Waals surface area contributed by atoms with Crippen molar-refractivity contribution in [3.8, 4) is 5.88 Å². The van der Waals surface area contributed by atoms with Gasteiger partial charge in [0.2, 0.25) is 5.88 Å². The molecule has 1 saturated heterocycles. The molecule has 0 aliphatic carbocycles. The maximum Gasteiger partial charge on any atom is 0.255 e. The van der Waals surface area contributed by atoms with Crippen LogP contribution in [-0.2, 0) is 0 Å². The Balaban J connectivity index is 2.12. The van der Waals surface area contributed by atoms with Gasteiger partial charge in [0.05, 0.1) is 11.7 Å². The molecule has 1 aliphatic rings. The number of likely N-dealkylation sites (tertiary alicyclic amines) is 1. The predicted molar refractivity (Wildman–Crippen MR) is 87.6 cm³/mol. The number of carbonyl (C=O) groups is 1. The van der Waals surface area contributed by atoms with E-state index in [4.69, 9.17) is 16.3 Å². The first-order valence-corrected chi connectivity index (χ1v) is 7.95. The third-order valence-electron chi connectivity index (χ3n) is 3.92. The number of hydrogen-bond acceptors (Lipinski definition) is 4. The molecule has 0 saturated carbocycles. The molecule has 1 aliphatic heterocycles. The number of halogens is 1. The highest BCUT2D eigenvalue weighted by Crippen LogP contribution is 2.26. The zero-order chi connectivity index (χ0) is 16.4. The van der Waals surface area contributed by atoms with E-state index in [0.29, 0.717) is 28.4 Å². The average Bonchev–Trinajstić information content (AvgIpc) is 2.82. The standard InChI is InChI=1S/C16H24ClN3O2/c1-10(2)22-15-13(17)6-12(7-18-15)16(21)20-8-11(3)14(9-20)19(4)5/h6-7,10-11,14H,8-9H2,1-5H3. The van der Waals surface area contributed by atoms with Gasteiger partial charge in [0.25, 0.3) is 5.91 Å². The van der Waals surface area contributed by atoms with E-state index >= 15 is 0 Å². The minimum absolute atomic E-state index is 0.00756. The topological polar surface area (TPSA) is 45.7 Å². The second-order valence-electron chi connectivity index (χ2n) is 6.40. The Hall–Kier alpha value is -1.33. The number of carbonyl (C=O) groups excluding carboxylic acids is 1. The zero-order valence-electron chi connectivity index (χ0n) is 13.8. The average molecular weight is 326 g/mol. The monoisotopic (exact) mass is 325 g/mol. The van der Waals surface area contributed by atoms with Crippen LogP contribution in [0.3, 0.4) is 0 Å². The van der Waals surface area contributed by atoms with E-state index in [1.54, 1.807) is 12.3 Å². The van der Waals surface area contributed by atoms with Crippen molar-refractivity contribution in [1.29, 1.82) is 0 Å². The SMILES string of the molecule is CC(C)Oc1ncc(C(=O)N2CC(C)C(N(C)C)C2)cc1Cl. The Morgan fingerprint density at radius 1 is 1.45 bits per heavy atom. The zero-order valence-corrected chi connectivity index (χ0v) is 14.6. The van der Waals surface area contributed by atoms with Crippen molar-refractivity contribution < 1.29 is 9.53 Å². The number of hydrogen-bond donors (Lipinski definition) is 0. The van der Waals surface area contributed by atoms with Gasteiger partial charge in [-0.15, -0.1) is 0 Å². The molecular formula is C16H24ClN3O2. The first-order chi connectivity index (χ1) is 10.3. The fourth-order valence-electron chi connectivity index (χ4n) is 2.82. The lowest BCUT2D eigenvalue weighted by Crippen LogP contribution is -2.35. The van der Waals surface area contributed by atoms with Gasteiger partial charge >= 0.3 is 0 Å². The lowest BCUT2D eigenvalue weighted by molar-refractivity contribution is 0.0781. The summed E-state index contributed by atoms with van der Waals surface area (Å²) < 4.78 is 5.50. The van der Waals surface area contributed by atoms with Crippen LogP contribution in [0.25, 0.3) is 0 Å². The molecule has 1 aromatic rings. The van der Waals surface area contributed by atoms with Crippen LogP contribution in [0.4, 0.5) is 0 Å². The van der Waals surface area contributed by atoms with Crippen molar-refractivity contribution in [1.82, 2.24) is 14.8 Å². The highest BCUT2D eigenvalue weighted by Gasteiger charge is 2.34. The van der Waals surface area contributed by atoms with Gasteiger partial charge in [-0.05, 0) is 39.9 Å². The van der Waals surface area contributed by atoms with Gasteiger partial charge in [-0.1, -0.05) is 18.5 Å². The van der Waals surface area contributed by atoms with Crippen LogP contribution in [0, 0.1) is 5.92 Å². The van der Waals surface area contributed by atoms with Gasteiger partial charge in [0.1, 0.15) is 5.02 Å². The van der Waals surface area contributed by atoms with E-state index in [-0.39, 0.29) is 12.0 Å². The van der Waals surface area contributed by atoms with E-state index < -0.39 is 0 Å². The summed E-state index contributed by atoms with van der Waals surface area (Å²) >= 11 is 6.17. The lowest BCUT2D eigenvalue weighted by atomic mass is 10.1. The molecule has 2 atom stereocenters. The summed E-state index contributed by atoms with van der Waals surface area (Å²) in [5, 5.41) is 0.371. The van der Waals surface area contributed by atoms with Crippen molar-refractivity contribution in [3.63, 3.8) is 0 Å². The Kier molecular flexibility index (Phi) is 5.29. The van der Waals surface area contributed by atoms with E-state index in [9.17, 15) is 4.79 Å². The second-order valence-corrected chi connectivity index (χ2v) is 6.80. The molecule has 2 rings (SSSR count). The molecule has 6 heteroatoms. The molecule has 22 heavy (non-hydrogen) atoms. The van der Waals surface area contributed by atoms with Crippen molar-refractivity contribution >= 4 is 17.5 Å². The first kappa shape index (κ1) is 17.0. The molecule has 0 N–H and O–H groups in total. The van der Waals surface area contributed by atoms with Crippen LogP contribution < -0.4 is 4.74 Å². The summed E-state index contributed by atoms with van der Waals surface area (Å²) in [4.78, 5) is 20.8. The number of nitrogens with zero attached hydrogens (tertiary/aromatic N) is 3. The number of likely N-dealkylation sites (N-methyl/N-ethyl adjacent to an activating group) is 1. The molecule has 1 aromatic heterocycles. The smallest absolute Gasteiger partial charge is 0.255 e. The molecule has 1 amide bonds. The molecule has 0 spiro atoms.